The molecule has 0 fully saturated rings. The molecule has 2 aromatic rings. The second-order valence-corrected chi connectivity index (χ2v) is 5.09. The molecule has 1 aromatic carbocycles. The van der Waals surface area contributed by atoms with E-state index in [-0.39, 0.29) is 5.11 Å². The number of hydrogen-bond acceptors (Lipinski definition) is 4. The van der Waals surface area contributed by atoms with E-state index in [1.54, 1.807) is 31.4 Å². The molecule has 0 radical (unpaired) electrons. The average molecular weight is 337 g/mol. The summed E-state index contributed by atoms with van der Waals surface area (Å²) >= 11 is 10.6. The number of hydrogen-bond donors (Lipinski definition) is 2. The summed E-state index contributed by atoms with van der Waals surface area (Å²) in [6.45, 7) is 0. The highest BCUT2D eigenvalue weighted by Crippen LogP contribution is 2.31. The lowest BCUT2D eigenvalue weighted by Crippen LogP contribution is -2.33. The number of amides is 1. The molecule has 114 valence electrons. The molecule has 0 spiro atoms. The van der Waals surface area contributed by atoms with Crippen LogP contribution in [0.15, 0.2) is 40.8 Å². The molecule has 1 amide bonds. The average Bonchev–Trinajstić information content (AvgIpc) is 2.93. The fourth-order valence-electron chi connectivity index (χ4n) is 1.74. The number of thiocarbonyl (C=S) groups is 1. The first kappa shape index (κ1) is 16.1. The number of halogens is 1. The van der Waals surface area contributed by atoms with Gasteiger partial charge in [-0.3, -0.25) is 10.1 Å². The number of carbonyl (C=O) groups is 1. The van der Waals surface area contributed by atoms with Crippen LogP contribution in [-0.4, -0.2) is 18.1 Å². The monoisotopic (exact) mass is 336 g/mol. The summed E-state index contributed by atoms with van der Waals surface area (Å²) in [5, 5.41) is 2.69. The van der Waals surface area contributed by atoms with Crippen LogP contribution in [0.25, 0.3) is 17.4 Å². The molecule has 5 nitrogen and oxygen atoms in total. The van der Waals surface area contributed by atoms with E-state index < -0.39 is 5.91 Å². The van der Waals surface area contributed by atoms with Crippen molar-refractivity contribution in [3.05, 3.63) is 47.2 Å². The molecular weight excluding hydrogens is 324 g/mol. The van der Waals surface area contributed by atoms with Crippen molar-refractivity contribution < 1.29 is 13.9 Å². The first-order valence-corrected chi connectivity index (χ1v) is 7.00. The fourth-order valence-corrected chi connectivity index (χ4v) is 2.10. The predicted octanol–water partition coefficient (Wildman–Crippen LogP) is 2.98. The minimum Gasteiger partial charge on any atom is -0.495 e. The minimum atomic E-state index is -0.419. The van der Waals surface area contributed by atoms with Crippen LogP contribution in [0.5, 0.6) is 5.75 Å². The molecule has 0 aliphatic rings. The van der Waals surface area contributed by atoms with Crippen molar-refractivity contribution in [2.24, 2.45) is 5.73 Å². The van der Waals surface area contributed by atoms with Crippen molar-refractivity contribution in [1.82, 2.24) is 5.32 Å². The molecule has 7 heteroatoms. The Morgan fingerprint density at radius 3 is 2.82 bits per heavy atom. The first-order valence-electron chi connectivity index (χ1n) is 6.22. The predicted molar refractivity (Wildman–Crippen MR) is 89.7 cm³/mol. The number of carbonyl (C=O) groups excluding carboxylic acids is 1. The molecule has 0 atom stereocenters. The van der Waals surface area contributed by atoms with Crippen LogP contribution in [0.1, 0.15) is 5.76 Å². The fraction of sp³-hybridized carbons (Fsp3) is 0.0667. The number of methoxy groups -OCH3 is 1. The van der Waals surface area contributed by atoms with Crippen LogP contribution in [0.4, 0.5) is 0 Å². The van der Waals surface area contributed by atoms with Crippen LogP contribution < -0.4 is 15.8 Å². The third-order valence-corrected chi connectivity index (χ3v) is 3.11. The first-order chi connectivity index (χ1) is 10.5. The highest BCUT2D eigenvalue weighted by Gasteiger charge is 2.07. The van der Waals surface area contributed by atoms with Crippen molar-refractivity contribution in [2.75, 3.05) is 7.11 Å². The van der Waals surface area contributed by atoms with Crippen LogP contribution in [-0.2, 0) is 4.79 Å². The molecule has 0 unspecified atom stereocenters. The third-order valence-electron chi connectivity index (χ3n) is 2.71. The Morgan fingerprint density at radius 2 is 2.18 bits per heavy atom. The zero-order chi connectivity index (χ0) is 16.1. The molecule has 0 saturated carbocycles. The molecular formula is C15H13ClN2O3S. The lowest BCUT2D eigenvalue weighted by molar-refractivity contribution is -0.115. The van der Waals surface area contributed by atoms with Gasteiger partial charge in [-0.05, 0) is 48.6 Å². The molecule has 0 bridgehead atoms. The van der Waals surface area contributed by atoms with Gasteiger partial charge < -0.3 is 14.9 Å². The summed E-state index contributed by atoms with van der Waals surface area (Å²) < 4.78 is 10.7. The normalized spacial score (nSPS) is 10.6. The highest BCUT2D eigenvalue weighted by molar-refractivity contribution is 7.80. The van der Waals surface area contributed by atoms with Gasteiger partial charge in [-0.25, -0.2) is 0 Å². The summed E-state index contributed by atoms with van der Waals surface area (Å²) in [6.07, 6.45) is 2.80. The Balaban J connectivity index is 2.14. The van der Waals surface area contributed by atoms with Crippen LogP contribution in [0.3, 0.4) is 0 Å². The van der Waals surface area contributed by atoms with E-state index in [0.29, 0.717) is 22.3 Å². The van der Waals surface area contributed by atoms with Gasteiger partial charge in [-0.1, -0.05) is 11.6 Å². The molecule has 1 aromatic heterocycles. The largest absolute Gasteiger partial charge is 0.495 e. The maximum Gasteiger partial charge on any atom is 0.250 e. The summed E-state index contributed by atoms with van der Waals surface area (Å²) in [5.41, 5.74) is 6.00. The van der Waals surface area contributed by atoms with Crippen molar-refractivity contribution in [2.45, 2.75) is 0 Å². The van der Waals surface area contributed by atoms with E-state index in [4.69, 9.17) is 26.5 Å². The highest BCUT2D eigenvalue weighted by atomic mass is 35.5. The number of ether oxygens (including phenoxy) is 1. The SMILES string of the molecule is COc1ccc(-c2ccc(/C=C/C(=O)NC(N)=S)o2)cc1Cl. The molecule has 0 saturated heterocycles. The van der Waals surface area contributed by atoms with Gasteiger partial charge in [-0.15, -0.1) is 0 Å². The summed E-state index contributed by atoms with van der Waals surface area (Å²) in [5.74, 6) is 1.31. The van der Waals surface area contributed by atoms with Crippen LogP contribution >= 0.6 is 23.8 Å². The quantitative estimate of drug-likeness (QED) is 0.663. The lowest BCUT2D eigenvalue weighted by atomic mass is 10.2. The van der Waals surface area contributed by atoms with Gasteiger partial charge in [0.05, 0.1) is 12.1 Å². The van der Waals surface area contributed by atoms with Gasteiger partial charge in [0.15, 0.2) is 5.11 Å². The Hall–Kier alpha value is -2.31. The maximum atomic E-state index is 11.4. The van der Waals surface area contributed by atoms with Gasteiger partial charge >= 0.3 is 0 Å². The molecule has 0 aliphatic carbocycles. The Morgan fingerprint density at radius 1 is 1.41 bits per heavy atom. The zero-order valence-corrected chi connectivity index (χ0v) is 13.2. The van der Waals surface area contributed by atoms with Gasteiger partial charge in [0.1, 0.15) is 17.3 Å². The topological polar surface area (TPSA) is 77.5 Å². The van der Waals surface area contributed by atoms with E-state index in [0.717, 1.165) is 5.56 Å². The van der Waals surface area contributed by atoms with Crippen molar-refractivity contribution in [3.8, 4) is 17.1 Å². The molecule has 1 heterocycles. The zero-order valence-electron chi connectivity index (χ0n) is 11.6. The number of rotatable bonds is 4. The maximum absolute atomic E-state index is 11.4. The van der Waals surface area contributed by atoms with Crippen molar-refractivity contribution in [1.29, 1.82) is 0 Å². The van der Waals surface area contributed by atoms with E-state index in [1.807, 2.05) is 6.07 Å². The van der Waals surface area contributed by atoms with Gasteiger partial charge in [-0.2, -0.15) is 0 Å². The van der Waals surface area contributed by atoms with E-state index >= 15 is 0 Å². The third kappa shape index (κ3) is 4.09. The molecule has 3 N–H and O–H groups in total. The van der Waals surface area contributed by atoms with E-state index in [1.165, 1.54) is 12.2 Å². The number of nitrogens with one attached hydrogen (secondary N) is 1. The molecule has 22 heavy (non-hydrogen) atoms. The summed E-state index contributed by atoms with van der Waals surface area (Å²) in [6, 6.07) is 8.84. The van der Waals surface area contributed by atoms with E-state index in [2.05, 4.69) is 17.5 Å². The summed E-state index contributed by atoms with van der Waals surface area (Å²) in [7, 11) is 1.55. The van der Waals surface area contributed by atoms with Crippen molar-refractivity contribution in [3.63, 3.8) is 0 Å². The van der Waals surface area contributed by atoms with E-state index in [9.17, 15) is 4.79 Å². The Labute approximate surface area is 137 Å². The standard InChI is InChI=1S/C15H13ClN2O3S/c1-20-13-5-2-9(8-11(13)16)12-6-3-10(21-12)4-7-14(19)18-15(17)22/h2-8H,1H3,(H3,17,18,19,22)/b7-4+. The smallest absolute Gasteiger partial charge is 0.250 e. The second kappa shape index (κ2) is 7.11. The number of furan rings is 1. The van der Waals surface area contributed by atoms with Gasteiger partial charge in [0, 0.05) is 11.6 Å². The second-order valence-electron chi connectivity index (χ2n) is 4.24. The van der Waals surface area contributed by atoms with Crippen LogP contribution in [0.2, 0.25) is 5.02 Å². The number of nitrogens with two attached hydrogens (primary N) is 1. The minimum absolute atomic E-state index is 0.0809. The molecule has 0 aliphatic heterocycles. The Kier molecular flexibility index (Phi) is 5.19. The van der Waals surface area contributed by atoms with Gasteiger partial charge in [0.25, 0.3) is 0 Å². The van der Waals surface area contributed by atoms with Crippen LogP contribution in [0, 0.1) is 0 Å². The number of benzene rings is 1. The van der Waals surface area contributed by atoms with Crippen molar-refractivity contribution >= 4 is 40.9 Å². The lowest BCUT2D eigenvalue weighted by Gasteiger charge is -2.04. The molecule has 2 rings (SSSR count). The summed E-state index contributed by atoms with van der Waals surface area (Å²) in [4.78, 5) is 11.4. The Bertz CT molecular complexity index is 740. The van der Waals surface area contributed by atoms with Gasteiger partial charge in [0.2, 0.25) is 5.91 Å².